The van der Waals surface area contributed by atoms with Crippen LogP contribution >= 0.6 is 0 Å². The lowest BCUT2D eigenvalue weighted by Gasteiger charge is -2.20. The molecule has 0 aliphatic carbocycles. The number of imidazole rings is 1. The summed E-state index contributed by atoms with van der Waals surface area (Å²) in [5.41, 5.74) is 2.73. The predicted molar refractivity (Wildman–Crippen MR) is 115 cm³/mol. The number of rotatable bonds is 8. The molecule has 1 aromatic heterocycles. The van der Waals surface area contributed by atoms with E-state index in [-0.39, 0.29) is 11.8 Å². The fourth-order valence-corrected chi connectivity index (χ4v) is 4.06. The standard InChI is InChI=1S/C23H27N3O4/c1-4-30-12-11-25-19-8-6-5-7-18(19)24-23(25)16-13-22(27)26(15-16)20-14-17(28-2)9-10-21(20)29-3/h5-10,14,16H,4,11-13,15H2,1-3H3. The lowest BCUT2D eigenvalue weighted by atomic mass is 10.1. The first-order chi connectivity index (χ1) is 14.7. The average Bonchev–Trinajstić information content (AvgIpc) is 3.34. The number of hydrogen-bond donors (Lipinski definition) is 0. The van der Waals surface area contributed by atoms with Gasteiger partial charge in [0.1, 0.15) is 17.3 Å². The predicted octanol–water partition coefficient (Wildman–Crippen LogP) is 3.61. The molecule has 1 amide bonds. The van der Waals surface area contributed by atoms with Gasteiger partial charge in [-0.1, -0.05) is 12.1 Å². The first-order valence-corrected chi connectivity index (χ1v) is 10.2. The second-order valence-electron chi connectivity index (χ2n) is 7.25. The Balaban J connectivity index is 1.68. The normalized spacial score (nSPS) is 16.4. The van der Waals surface area contributed by atoms with Crippen molar-refractivity contribution >= 4 is 22.6 Å². The summed E-state index contributed by atoms with van der Waals surface area (Å²) in [6, 6.07) is 13.6. The zero-order valence-electron chi connectivity index (χ0n) is 17.6. The largest absolute Gasteiger partial charge is 0.497 e. The molecular weight excluding hydrogens is 382 g/mol. The number of benzene rings is 2. The summed E-state index contributed by atoms with van der Waals surface area (Å²) in [5.74, 6) is 2.30. The minimum Gasteiger partial charge on any atom is -0.497 e. The van der Waals surface area contributed by atoms with Gasteiger partial charge in [0, 0.05) is 38.1 Å². The molecule has 0 N–H and O–H groups in total. The van der Waals surface area contributed by atoms with E-state index in [9.17, 15) is 4.79 Å². The van der Waals surface area contributed by atoms with Crippen LogP contribution in [0.1, 0.15) is 25.1 Å². The Kier molecular flexibility index (Phi) is 5.90. The number of anilines is 1. The van der Waals surface area contributed by atoms with Gasteiger partial charge in [-0.3, -0.25) is 4.79 Å². The van der Waals surface area contributed by atoms with Crippen LogP contribution in [0.4, 0.5) is 5.69 Å². The minimum atomic E-state index is -0.0116. The maximum atomic E-state index is 13.0. The third-order valence-corrected chi connectivity index (χ3v) is 5.51. The van der Waals surface area contributed by atoms with Gasteiger partial charge in [-0.25, -0.2) is 4.98 Å². The van der Waals surface area contributed by atoms with Gasteiger partial charge in [-0.2, -0.15) is 0 Å². The molecule has 1 aliphatic rings. The molecule has 1 saturated heterocycles. The fraction of sp³-hybridized carbons (Fsp3) is 0.391. The molecule has 0 saturated carbocycles. The van der Waals surface area contributed by atoms with Crippen molar-refractivity contribution in [1.82, 2.24) is 9.55 Å². The Bertz CT molecular complexity index is 1050. The summed E-state index contributed by atoms with van der Waals surface area (Å²) in [7, 11) is 3.22. The van der Waals surface area contributed by atoms with Crippen LogP contribution in [-0.4, -0.2) is 49.4 Å². The number of methoxy groups -OCH3 is 2. The monoisotopic (exact) mass is 409 g/mol. The summed E-state index contributed by atoms with van der Waals surface area (Å²) >= 11 is 0. The maximum absolute atomic E-state index is 13.0. The van der Waals surface area contributed by atoms with Gasteiger partial charge >= 0.3 is 0 Å². The van der Waals surface area contributed by atoms with Crippen molar-refractivity contribution in [2.45, 2.75) is 25.8 Å². The SMILES string of the molecule is CCOCCn1c(C2CC(=O)N(c3cc(OC)ccc3OC)C2)nc2ccccc21. The van der Waals surface area contributed by atoms with Crippen molar-refractivity contribution in [3.8, 4) is 11.5 Å². The van der Waals surface area contributed by atoms with Gasteiger partial charge in [-0.15, -0.1) is 0 Å². The summed E-state index contributed by atoms with van der Waals surface area (Å²) in [4.78, 5) is 19.6. The number of carbonyl (C=O) groups excluding carboxylic acids is 1. The van der Waals surface area contributed by atoms with E-state index in [0.29, 0.717) is 44.2 Å². The molecule has 0 radical (unpaired) electrons. The Morgan fingerprint density at radius 3 is 2.73 bits per heavy atom. The van der Waals surface area contributed by atoms with Crippen molar-refractivity contribution < 1.29 is 19.0 Å². The highest BCUT2D eigenvalue weighted by Crippen LogP contribution is 2.39. The zero-order valence-corrected chi connectivity index (χ0v) is 17.6. The van der Waals surface area contributed by atoms with Crippen molar-refractivity contribution in [2.75, 3.05) is 38.9 Å². The quantitative estimate of drug-likeness (QED) is 0.532. The van der Waals surface area contributed by atoms with Crippen molar-refractivity contribution in [3.63, 3.8) is 0 Å². The average molecular weight is 409 g/mol. The summed E-state index contributed by atoms with van der Waals surface area (Å²) in [5, 5.41) is 0. The number of ether oxygens (including phenoxy) is 3. The number of amides is 1. The first-order valence-electron chi connectivity index (χ1n) is 10.2. The van der Waals surface area contributed by atoms with Crippen LogP contribution < -0.4 is 14.4 Å². The highest BCUT2D eigenvalue weighted by atomic mass is 16.5. The number of hydrogen-bond acceptors (Lipinski definition) is 5. The van der Waals surface area contributed by atoms with E-state index in [1.165, 1.54) is 0 Å². The smallest absolute Gasteiger partial charge is 0.227 e. The van der Waals surface area contributed by atoms with E-state index in [0.717, 1.165) is 22.5 Å². The molecule has 4 rings (SSSR count). The number of fused-ring (bicyclic) bond motifs is 1. The van der Waals surface area contributed by atoms with Gasteiger partial charge in [-0.05, 0) is 31.2 Å². The zero-order chi connectivity index (χ0) is 21.1. The fourth-order valence-electron chi connectivity index (χ4n) is 4.06. The van der Waals surface area contributed by atoms with Crippen LogP contribution in [0.15, 0.2) is 42.5 Å². The van der Waals surface area contributed by atoms with E-state index < -0.39 is 0 Å². The second kappa shape index (κ2) is 8.75. The van der Waals surface area contributed by atoms with Gasteiger partial charge in [0.25, 0.3) is 0 Å². The van der Waals surface area contributed by atoms with Crippen molar-refractivity contribution in [1.29, 1.82) is 0 Å². The number of aromatic nitrogens is 2. The Hall–Kier alpha value is -3.06. The highest BCUT2D eigenvalue weighted by molar-refractivity contribution is 5.98. The molecule has 7 heteroatoms. The molecule has 3 aromatic rings. The second-order valence-corrected chi connectivity index (χ2v) is 7.25. The Morgan fingerprint density at radius 1 is 1.13 bits per heavy atom. The lowest BCUT2D eigenvalue weighted by Crippen LogP contribution is -2.25. The molecule has 1 fully saturated rings. The number of carbonyl (C=O) groups is 1. The van der Waals surface area contributed by atoms with Crippen LogP contribution in [0, 0.1) is 0 Å². The molecule has 1 aliphatic heterocycles. The van der Waals surface area contributed by atoms with E-state index >= 15 is 0 Å². The highest BCUT2D eigenvalue weighted by Gasteiger charge is 2.36. The molecule has 1 unspecified atom stereocenters. The van der Waals surface area contributed by atoms with E-state index in [4.69, 9.17) is 19.2 Å². The summed E-state index contributed by atoms with van der Waals surface area (Å²) in [6.07, 6.45) is 0.401. The Morgan fingerprint density at radius 2 is 1.97 bits per heavy atom. The molecule has 1 atom stereocenters. The van der Waals surface area contributed by atoms with Gasteiger partial charge < -0.3 is 23.7 Å². The summed E-state index contributed by atoms with van der Waals surface area (Å²) in [6.45, 7) is 4.52. The number of para-hydroxylation sites is 2. The van der Waals surface area contributed by atoms with Crippen LogP contribution in [0.25, 0.3) is 11.0 Å². The first kappa shape index (κ1) is 20.2. The number of nitrogens with zero attached hydrogens (tertiary/aromatic N) is 3. The molecule has 2 aromatic carbocycles. The maximum Gasteiger partial charge on any atom is 0.227 e. The van der Waals surface area contributed by atoms with Crippen LogP contribution in [0.3, 0.4) is 0 Å². The van der Waals surface area contributed by atoms with Crippen LogP contribution in [0.5, 0.6) is 11.5 Å². The van der Waals surface area contributed by atoms with Crippen molar-refractivity contribution in [3.05, 3.63) is 48.3 Å². The molecule has 7 nitrogen and oxygen atoms in total. The molecule has 0 bridgehead atoms. The molecule has 30 heavy (non-hydrogen) atoms. The van der Waals surface area contributed by atoms with Crippen molar-refractivity contribution in [2.24, 2.45) is 0 Å². The molecular formula is C23H27N3O4. The van der Waals surface area contributed by atoms with E-state index in [2.05, 4.69) is 10.6 Å². The van der Waals surface area contributed by atoms with Crippen LogP contribution in [-0.2, 0) is 16.1 Å². The van der Waals surface area contributed by atoms with E-state index in [1.807, 2.05) is 43.3 Å². The minimum absolute atomic E-state index is 0.0116. The third-order valence-electron chi connectivity index (χ3n) is 5.51. The van der Waals surface area contributed by atoms with Gasteiger partial charge in [0.05, 0.1) is 37.5 Å². The van der Waals surface area contributed by atoms with Gasteiger partial charge in [0.2, 0.25) is 5.91 Å². The third kappa shape index (κ3) is 3.73. The topological polar surface area (TPSA) is 65.8 Å². The van der Waals surface area contributed by atoms with Gasteiger partial charge in [0.15, 0.2) is 0 Å². The van der Waals surface area contributed by atoms with Crippen LogP contribution in [0.2, 0.25) is 0 Å². The molecule has 0 spiro atoms. The lowest BCUT2D eigenvalue weighted by molar-refractivity contribution is -0.117. The summed E-state index contributed by atoms with van der Waals surface area (Å²) < 4.78 is 18.6. The Labute approximate surface area is 176 Å². The molecule has 2 heterocycles. The van der Waals surface area contributed by atoms with E-state index in [1.54, 1.807) is 19.1 Å². The molecule has 158 valence electrons.